The molecule has 21 heavy (non-hydrogen) atoms. The Labute approximate surface area is 125 Å². The summed E-state index contributed by atoms with van der Waals surface area (Å²) in [6, 6.07) is 7.80. The van der Waals surface area contributed by atoms with Gasteiger partial charge in [0.15, 0.2) is 0 Å². The van der Waals surface area contributed by atoms with Crippen LogP contribution in [0.2, 0.25) is 0 Å². The topological polar surface area (TPSA) is 43.3 Å². The van der Waals surface area contributed by atoms with E-state index in [1.54, 1.807) is 7.11 Å². The van der Waals surface area contributed by atoms with Crippen molar-refractivity contribution in [2.75, 3.05) is 12.4 Å². The maximum atomic E-state index is 12.3. The van der Waals surface area contributed by atoms with Crippen LogP contribution in [0.25, 0.3) is 0 Å². The van der Waals surface area contributed by atoms with Gasteiger partial charge in [0.05, 0.1) is 19.2 Å². The van der Waals surface area contributed by atoms with Gasteiger partial charge in [-0.2, -0.15) is 0 Å². The quantitative estimate of drug-likeness (QED) is 0.938. The number of rotatable bonds is 4. The Morgan fingerprint density at radius 2 is 1.95 bits per heavy atom. The van der Waals surface area contributed by atoms with Gasteiger partial charge in [0.2, 0.25) is 5.91 Å². The van der Waals surface area contributed by atoms with Gasteiger partial charge in [0, 0.05) is 18.4 Å². The molecule has 1 heterocycles. The van der Waals surface area contributed by atoms with Crippen molar-refractivity contribution in [2.45, 2.75) is 27.2 Å². The minimum Gasteiger partial charge on any atom is -0.495 e. The average molecular weight is 286 g/mol. The Morgan fingerprint density at radius 1 is 1.24 bits per heavy atom. The Balaban J connectivity index is 2.15. The summed E-state index contributed by atoms with van der Waals surface area (Å²) < 4.78 is 7.37. The molecule has 0 aliphatic carbocycles. The maximum absolute atomic E-state index is 12.3. The van der Waals surface area contributed by atoms with E-state index >= 15 is 0 Å². The van der Waals surface area contributed by atoms with Crippen molar-refractivity contribution in [3.05, 3.63) is 46.8 Å². The Hall–Kier alpha value is -2.23. The van der Waals surface area contributed by atoms with Gasteiger partial charge < -0.3 is 14.6 Å². The first-order chi connectivity index (χ1) is 9.92. The van der Waals surface area contributed by atoms with Gasteiger partial charge in [0.25, 0.3) is 0 Å². The highest BCUT2D eigenvalue weighted by Gasteiger charge is 2.12. The minimum absolute atomic E-state index is 0.0346. The van der Waals surface area contributed by atoms with Crippen LogP contribution < -0.4 is 10.1 Å². The van der Waals surface area contributed by atoms with Gasteiger partial charge in [-0.15, -0.1) is 0 Å². The fourth-order valence-electron chi connectivity index (χ4n) is 2.40. The van der Waals surface area contributed by atoms with Gasteiger partial charge >= 0.3 is 0 Å². The molecule has 0 aliphatic heterocycles. The third kappa shape index (κ3) is 3.27. The number of nitrogens with zero attached hydrogens (tertiary/aromatic N) is 1. The first-order valence-corrected chi connectivity index (χ1v) is 6.98. The Morgan fingerprint density at radius 3 is 2.52 bits per heavy atom. The summed E-state index contributed by atoms with van der Waals surface area (Å²) >= 11 is 0. The zero-order valence-electron chi connectivity index (χ0n) is 13.3. The first kappa shape index (κ1) is 15.2. The standard InChI is InChI=1S/C17H22N2O2/c1-11-6-7-16(21-5)15(8-11)18-17(20)10-14-9-12(2)19(4)13(14)3/h6-9H,10H2,1-5H3,(H,18,20). The number of amides is 1. The van der Waals surface area contributed by atoms with E-state index in [9.17, 15) is 4.79 Å². The van der Waals surface area contributed by atoms with E-state index in [1.807, 2.05) is 46.0 Å². The molecule has 4 heteroatoms. The van der Waals surface area contributed by atoms with Crippen molar-refractivity contribution in [3.63, 3.8) is 0 Å². The van der Waals surface area contributed by atoms with Crippen LogP contribution in [-0.4, -0.2) is 17.6 Å². The number of hydrogen-bond donors (Lipinski definition) is 1. The molecule has 0 fully saturated rings. The highest BCUT2D eigenvalue weighted by Crippen LogP contribution is 2.25. The van der Waals surface area contributed by atoms with E-state index in [0.29, 0.717) is 17.9 Å². The number of aryl methyl sites for hydroxylation is 2. The van der Waals surface area contributed by atoms with E-state index in [2.05, 4.69) is 16.0 Å². The summed E-state index contributed by atoms with van der Waals surface area (Å²) in [5.41, 5.74) is 5.13. The zero-order chi connectivity index (χ0) is 15.6. The number of aromatic nitrogens is 1. The molecule has 0 atom stereocenters. The van der Waals surface area contributed by atoms with Gasteiger partial charge in [-0.25, -0.2) is 0 Å². The highest BCUT2D eigenvalue weighted by atomic mass is 16.5. The summed E-state index contributed by atoms with van der Waals surface area (Å²) in [7, 11) is 3.61. The molecular formula is C17H22N2O2. The molecule has 0 saturated carbocycles. The van der Waals surface area contributed by atoms with Crippen LogP contribution in [0.5, 0.6) is 5.75 Å². The SMILES string of the molecule is COc1ccc(C)cc1NC(=O)Cc1cc(C)n(C)c1C. The van der Waals surface area contributed by atoms with Gasteiger partial charge in [-0.05, 0) is 50.1 Å². The summed E-state index contributed by atoms with van der Waals surface area (Å²) in [6.07, 6.45) is 0.366. The molecule has 1 aromatic heterocycles. The van der Waals surface area contributed by atoms with Crippen LogP contribution in [0.4, 0.5) is 5.69 Å². The fraction of sp³-hybridized carbons (Fsp3) is 0.353. The van der Waals surface area contributed by atoms with E-state index in [0.717, 1.165) is 22.5 Å². The molecule has 1 aromatic carbocycles. The van der Waals surface area contributed by atoms with Gasteiger partial charge in [0.1, 0.15) is 5.75 Å². The highest BCUT2D eigenvalue weighted by molar-refractivity contribution is 5.94. The molecule has 1 N–H and O–H groups in total. The second kappa shape index (κ2) is 6.04. The molecule has 0 aliphatic rings. The lowest BCUT2D eigenvalue weighted by atomic mass is 10.1. The van der Waals surface area contributed by atoms with Crippen LogP contribution in [0.3, 0.4) is 0 Å². The van der Waals surface area contributed by atoms with Gasteiger partial charge in [-0.3, -0.25) is 4.79 Å². The van der Waals surface area contributed by atoms with Crippen molar-refractivity contribution in [1.29, 1.82) is 0 Å². The number of methoxy groups -OCH3 is 1. The van der Waals surface area contributed by atoms with Crippen molar-refractivity contribution in [3.8, 4) is 5.75 Å². The molecule has 2 aromatic rings. The monoisotopic (exact) mass is 286 g/mol. The summed E-state index contributed by atoms with van der Waals surface area (Å²) in [6.45, 7) is 6.06. The van der Waals surface area contributed by atoms with Crippen LogP contribution in [-0.2, 0) is 18.3 Å². The normalized spacial score (nSPS) is 10.5. The first-order valence-electron chi connectivity index (χ1n) is 6.98. The van der Waals surface area contributed by atoms with Crippen molar-refractivity contribution >= 4 is 11.6 Å². The minimum atomic E-state index is -0.0346. The molecule has 4 nitrogen and oxygen atoms in total. The summed E-state index contributed by atoms with van der Waals surface area (Å²) in [4.78, 5) is 12.3. The number of carbonyl (C=O) groups excluding carboxylic acids is 1. The van der Waals surface area contributed by atoms with E-state index in [-0.39, 0.29) is 5.91 Å². The number of ether oxygens (including phenoxy) is 1. The Kier molecular flexibility index (Phi) is 4.36. The molecule has 0 spiro atoms. The molecule has 2 rings (SSSR count). The molecule has 1 amide bonds. The summed E-state index contributed by atoms with van der Waals surface area (Å²) in [5.74, 6) is 0.641. The summed E-state index contributed by atoms with van der Waals surface area (Å²) in [5, 5.41) is 2.93. The van der Waals surface area contributed by atoms with Crippen LogP contribution >= 0.6 is 0 Å². The predicted molar refractivity (Wildman–Crippen MR) is 85.0 cm³/mol. The Bertz CT molecular complexity index is 672. The second-order valence-corrected chi connectivity index (χ2v) is 5.38. The van der Waals surface area contributed by atoms with Crippen LogP contribution in [0.1, 0.15) is 22.5 Å². The molecule has 112 valence electrons. The number of benzene rings is 1. The largest absolute Gasteiger partial charge is 0.495 e. The lowest BCUT2D eigenvalue weighted by Gasteiger charge is -2.11. The third-order valence-electron chi connectivity index (χ3n) is 3.86. The third-order valence-corrected chi connectivity index (χ3v) is 3.86. The average Bonchev–Trinajstić information content (AvgIpc) is 2.66. The number of carbonyl (C=O) groups is 1. The van der Waals surface area contributed by atoms with Crippen molar-refractivity contribution in [2.24, 2.45) is 7.05 Å². The smallest absolute Gasteiger partial charge is 0.228 e. The number of nitrogens with one attached hydrogen (secondary N) is 1. The fourth-order valence-corrected chi connectivity index (χ4v) is 2.40. The number of anilines is 1. The zero-order valence-corrected chi connectivity index (χ0v) is 13.3. The number of hydrogen-bond acceptors (Lipinski definition) is 2. The second-order valence-electron chi connectivity index (χ2n) is 5.38. The lowest BCUT2D eigenvalue weighted by Crippen LogP contribution is -2.15. The molecule has 0 saturated heterocycles. The molecule has 0 radical (unpaired) electrons. The molecule has 0 unspecified atom stereocenters. The van der Waals surface area contributed by atoms with E-state index in [1.165, 1.54) is 0 Å². The molecular weight excluding hydrogens is 264 g/mol. The van der Waals surface area contributed by atoms with Gasteiger partial charge in [-0.1, -0.05) is 6.07 Å². The molecule has 0 bridgehead atoms. The van der Waals surface area contributed by atoms with Crippen molar-refractivity contribution < 1.29 is 9.53 Å². The lowest BCUT2D eigenvalue weighted by molar-refractivity contribution is -0.115. The van der Waals surface area contributed by atoms with E-state index in [4.69, 9.17) is 4.74 Å². The van der Waals surface area contributed by atoms with Crippen LogP contribution in [0, 0.1) is 20.8 Å². The van der Waals surface area contributed by atoms with Crippen molar-refractivity contribution in [1.82, 2.24) is 4.57 Å². The predicted octanol–water partition coefficient (Wildman–Crippen LogP) is 3.14. The van der Waals surface area contributed by atoms with E-state index < -0.39 is 0 Å². The van der Waals surface area contributed by atoms with Crippen LogP contribution in [0.15, 0.2) is 24.3 Å². The maximum Gasteiger partial charge on any atom is 0.228 e.